The molecule has 7 heteroatoms. The molecule has 0 radical (unpaired) electrons. The summed E-state index contributed by atoms with van der Waals surface area (Å²) in [4.78, 5) is 0.241. The molecule has 23 heavy (non-hydrogen) atoms. The number of hydrogen-bond acceptors (Lipinski definition) is 5. The van der Waals surface area contributed by atoms with Crippen LogP contribution >= 0.6 is 0 Å². The lowest BCUT2D eigenvalue weighted by Crippen LogP contribution is -2.30. The third kappa shape index (κ3) is 4.39. The van der Waals surface area contributed by atoms with Crippen LogP contribution in [0.4, 0.5) is 0 Å². The summed E-state index contributed by atoms with van der Waals surface area (Å²) in [7, 11) is -3.66. The Balaban J connectivity index is 2.31. The fourth-order valence-corrected chi connectivity index (χ4v) is 3.55. The van der Waals surface area contributed by atoms with Crippen LogP contribution in [0.25, 0.3) is 0 Å². The summed E-state index contributed by atoms with van der Waals surface area (Å²) in [6.07, 6.45) is 0.575. The molecule has 1 atom stereocenters. The zero-order valence-corrected chi connectivity index (χ0v) is 14.9. The number of rotatable bonds is 6. The first-order valence-electron chi connectivity index (χ1n) is 7.58. The smallest absolute Gasteiger partial charge is 0.241 e. The van der Waals surface area contributed by atoms with E-state index in [2.05, 4.69) is 14.9 Å². The second kappa shape index (κ2) is 6.80. The predicted octanol–water partition coefficient (Wildman–Crippen LogP) is 3.06. The van der Waals surface area contributed by atoms with Gasteiger partial charge in [0.1, 0.15) is 6.04 Å². The molecular formula is C16H23N3O3S. The molecule has 2 aromatic rings. The van der Waals surface area contributed by atoms with E-state index < -0.39 is 16.1 Å². The highest BCUT2D eigenvalue weighted by Gasteiger charge is 2.26. The molecule has 126 valence electrons. The van der Waals surface area contributed by atoms with Gasteiger partial charge in [0, 0.05) is 6.92 Å². The van der Waals surface area contributed by atoms with Crippen LogP contribution in [0.2, 0.25) is 0 Å². The minimum absolute atomic E-state index is 0.241. The third-order valence-corrected chi connectivity index (χ3v) is 5.10. The lowest BCUT2D eigenvalue weighted by molar-refractivity contribution is 0.372. The number of aromatic nitrogens is 2. The Hall–Kier alpha value is -1.73. The first kappa shape index (κ1) is 17.6. The van der Waals surface area contributed by atoms with E-state index in [-0.39, 0.29) is 10.8 Å². The number of benzene rings is 1. The van der Waals surface area contributed by atoms with Gasteiger partial charge in [-0.3, -0.25) is 0 Å². The molecule has 0 amide bonds. The van der Waals surface area contributed by atoms with Crippen molar-refractivity contribution >= 4 is 10.0 Å². The van der Waals surface area contributed by atoms with E-state index in [1.165, 1.54) is 0 Å². The topological polar surface area (TPSA) is 85.1 Å². The summed E-state index contributed by atoms with van der Waals surface area (Å²) in [6.45, 7) is 9.55. The molecule has 0 fully saturated rings. The summed E-state index contributed by atoms with van der Waals surface area (Å²) < 4.78 is 33.4. The van der Waals surface area contributed by atoms with Crippen molar-refractivity contribution < 1.29 is 12.8 Å². The Bertz CT molecular complexity index is 782. The van der Waals surface area contributed by atoms with Gasteiger partial charge >= 0.3 is 0 Å². The van der Waals surface area contributed by atoms with Crippen molar-refractivity contribution in [1.82, 2.24) is 14.9 Å². The molecule has 0 aliphatic carbocycles. The zero-order valence-electron chi connectivity index (χ0n) is 14.1. The van der Waals surface area contributed by atoms with E-state index in [4.69, 9.17) is 4.42 Å². The summed E-state index contributed by atoms with van der Waals surface area (Å²) >= 11 is 0. The van der Waals surface area contributed by atoms with Crippen LogP contribution in [0.1, 0.15) is 49.2 Å². The SMILES string of the molecule is Cc1nnc(C(CC(C)C)NS(=O)(=O)c2ccc(C)c(C)c2)o1. The van der Waals surface area contributed by atoms with E-state index in [9.17, 15) is 8.42 Å². The molecule has 0 saturated carbocycles. The average Bonchev–Trinajstić information content (AvgIpc) is 2.87. The van der Waals surface area contributed by atoms with E-state index in [0.717, 1.165) is 11.1 Å². The van der Waals surface area contributed by atoms with Gasteiger partial charge in [0.05, 0.1) is 4.90 Å². The van der Waals surface area contributed by atoms with Crippen LogP contribution in [0.3, 0.4) is 0 Å². The molecule has 0 saturated heterocycles. The van der Waals surface area contributed by atoms with Crippen LogP contribution in [0.5, 0.6) is 0 Å². The number of nitrogens with one attached hydrogen (secondary N) is 1. The van der Waals surface area contributed by atoms with Crippen molar-refractivity contribution in [2.24, 2.45) is 5.92 Å². The lowest BCUT2D eigenvalue weighted by atomic mass is 10.0. The molecule has 1 N–H and O–H groups in total. The Kier molecular flexibility index (Phi) is 5.21. The van der Waals surface area contributed by atoms with Gasteiger partial charge in [-0.2, -0.15) is 4.72 Å². The Morgan fingerprint density at radius 1 is 1.13 bits per heavy atom. The maximum atomic E-state index is 12.7. The number of sulfonamides is 1. The van der Waals surface area contributed by atoms with Crippen molar-refractivity contribution in [3.05, 3.63) is 41.1 Å². The quantitative estimate of drug-likeness (QED) is 0.875. The van der Waals surface area contributed by atoms with E-state index >= 15 is 0 Å². The van der Waals surface area contributed by atoms with E-state index in [1.54, 1.807) is 25.1 Å². The molecule has 0 aliphatic heterocycles. The van der Waals surface area contributed by atoms with Gasteiger partial charge in [-0.25, -0.2) is 8.42 Å². The molecule has 1 aromatic carbocycles. The maximum absolute atomic E-state index is 12.7. The van der Waals surface area contributed by atoms with Crippen molar-refractivity contribution in [2.75, 3.05) is 0 Å². The molecule has 0 bridgehead atoms. The normalized spacial score (nSPS) is 13.5. The molecule has 2 rings (SSSR count). The molecule has 6 nitrogen and oxygen atoms in total. The Morgan fingerprint density at radius 3 is 2.35 bits per heavy atom. The van der Waals surface area contributed by atoms with E-state index in [0.29, 0.717) is 18.2 Å². The van der Waals surface area contributed by atoms with Gasteiger partial charge in [0.25, 0.3) is 0 Å². The predicted molar refractivity (Wildman–Crippen MR) is 87.5 cm³/mol. The largest absolute Gasteiger partial charge is 0.424 e. The minimum Gasteiger partial charge on any atom is -0.424 e. The van der Waals surface area contributed by atoms with Gasteiger partial charge in [-0.1, -0.05) is 19.9 Å². The molecule has 0 aliphatic rings. The highest BCUT2D eigenvalue weighted by Crippen LogP contribution is 2.24. The molecule has 1 unspecified atom stereocenters. The lowest BCUT2D eigenvalue weighted by Gasteiger charge is -2.17. The van der Waals surface area contributed by atoms with Crippen LogP contribution < -0.4 is 4.72 Å². The van der Waals surface area contributed by atoms with Gasteiger partial charge in [-0.15, -0.1) is 10.2 Å². The number of hydrogen-bond donors (Lipinski definition) is 1. The second-order valence-corrected chi connectivity index (χ2v) is 7.92. The fraction of sp³-hybridized carbons (Fsp3) is 0.500. The van der Waals surface area contributed by atoms with Crippen LogP contribution in [0, 0.1) is 26.7 Å². The minimum atomic E-state index is -3.66. The van der Waals surface area contributed by atoms with Gasteiger partial charge < -0.3 is 4.42 Å². The summed E-state index contributed by atoms with van der Waals surface area (Å²) in [5.41, 5.74) is 1.98. The molecule has 1 heterocycles. The fourth-order valence-electron chi connectivity index (χ4n) is 2.26. The van der Waals surface area contributed by atoms with Crippen LogP contribution in [0.15, 0.2) is 27.5 Å². The average molecular weight is 337 g/mol. The van der Waals surface area contributed by atoms with Gasteiger partial charge in [-0.05, 0) is 49.4 Å². The summed E-state index contributed by atoms with van der Waals surface area (Å²) in [5.74, 6) is 0.984. The highest BCUT2D eigenvalue weighted by molar-refractivity contribution is 7.89. The standard InChI is InChI=1S/C16H23N3O3S/c1-10(2)8-15(16-18-17-13(5)22-16)19-23(20,21)14-7-6-11(3)12(4)9-14/h6-7,9-10,15,19H,8H2,1-5H3. The molecular weight excluding hydrogens is 314 g/mol. The number of aryl methyl sites for hydroxylation is 3. The first-order valence-corrected chi connectivity index (χ1v) is 9.07. The van der Waals surface area contributed by atoms with Crippen molar-refractivity contribution in [1.29, 1.82) is 0 Å². The second-order valence-electron chi connectivity index (χ2n) is 6.21. The van der Waals surface area contributed by atoms with Gasteiger partial charge in [0.15, 0.2) is 0 Å². The highest BCUT2D eigenvalue weighted by atomic mass is 32.2. The van der Waals surface area contributed by atoms with E-state index in [1.807, 2.05) is 27.7 Å². The Labute approximate surface area is 137 Å². The monoisotopic (exact) mass is 337 g/mol. The van der Waals surface area contributed by atoms with Crippen molar-refractivity contribution in [2.45, 2.75) is 52.0 Å². The van der Waals surface area contributed by atoms with Crippen LogP contribution in [-0.2, 0) is 10.0 Å². The van der Waals surface area contributed by atoms with Gasteiger partial charge in [0.2, 0.25) is 21.8 Å². The summed E-state index contributed by atoms with van der Waals surface area (Å²) in [5, 5.41) is 7.76. The molecule has 0 spiro atoms. The number of nitrogens with zero attached hydrogens (tertiary/aromatic N) is 2. The maximum Gasteiger partial charge on any atom is 0.241 e. The first-order chi connectivity index (χ1) is 10.7. The Morgan fingerprint density at radius 2 is 1.83 bits per heavy atom. The van der Waals surface area contributed by atoms with Crippen LogP contribution in [-0.4, -0.2) is 18.6 Å². The zero-order chi connectivity index (χ0) is 17.2. The van der Waals surface area contributed by atoms with Crippen molar-refractivity contribution in [3.63, 3.8) is 0 Å². The van der Waals surface area contributed by atoms with Crippen molar-refractivity contribution in [3.8, 4) is 0 Å². The molecule has 1 aromatic heterocycles. The third-order valence-electron chi connectivity index (χ3n) is 3.63. The summed E-state index contributed by atoms with van der Waals surface area (Å²) in [6, 6.07) is 4.54.